The highest BCUT2D eigenvalue weighted by Gasteiger charge is 2.07. The summed E-state index contributed by atoms with van der Waals surface area (Å²) in [6.07, 6.45) is 3.06. The molecule has 0 saturated heterocycles. The Labute approximate surface area is 98.0 Å². The predicted octanol–water partition coefficient (Wildman–Crippen LogP) is 2.39. The number of halogens is 1. The van der Waals surface area contributed by atoms with Gasteiger partial charge < -0.3 is 10.5 Å². The van der Waals surface area contributed by atoms with E-state index in [2.05, 4.69) is 9.97 Å². The van der Waals surface area contributed by atoms with E-state index < -0.39 is 0 Å². The summed E-state index contributed by atoms with van der Waals surface area (Å²) in [5.74, 6) is 1.05. The SMILES string of the molecule is COc1ccc(-c2cncnc2N)cc1Cl. The van der Waals surface area contributed by atoms with Crippen molar-refractivity contribution in [3.05, 3.63) is 35.7 Å². The van der Waals surface area contributed by atoms with Crippen molar-refractivity contribution in [2.45, 2.75) is 0 Å². The molecule has 0 aliphatic rings. The smallest absolute Gasteiger partial charge is 0.137 e. The fourth-order valence-corrected chi connectivity index (χ4v) is 1.65. The van der Waals surface area contributed by atoms with Crippen molar-refractivity contribution in [1.82, 2.24) is 9.97 Å². The Morgan fingerprint density at radius 1 is 1.38 bits per heavy atom. The summed E-state index contributed by atoms with van der Waals surface area (Å²) in [6.45, 7) is 0. The van der Waals surface area contributed by atoms with Crippen LogP contribution in [0.3, 0.4) is 0 Å². The van der Waals surface area contributed by atoms with Gasteiger partial charge in [0.1, 0.15) is 17.9 Å². The lowest BCUT2D eigenvalue weighted by Crippen LogP contribution is -1.95. The quantitative estimate of drug-likeness (QED) is 0.868. The van der Waals surface area contributed by atoms with E-state index in [9.17, 15) is 0 Å². The summed E-state index contributed by atoms with van der Waals surface area (Å²) in [7, 11) is 1.57. The first-order valence-corrected chi connectivity index (χ1v) is 4.99. The van der Waals surface area contributed by atoms with Gasteiger partial charge in [-0.1, -0.05) is 17.7 Å². The van der Waals surface area contributed by atoms with Gasteiger partial charge in [-0.05, 0) is 17.7 Å². The van der Waals surface area contributed by atoms with Crippen LogP contribution in [0.15, 0.2) is 30.7 Å². The minimum Gasteiger partial charge on any atom is -0.495 e. The molecule has 0 spiro atoms. The van der Waals surface area contributed by atoms with Crippen LogP contribution in [0.5, 0.6) is 5.75 Å². The van der Waals surface area contributed by atoms with Gasteiger partial charge in [0.2, 0.25) is 0 Å². The van der Waals surface area contributed by atoms with E-state index in [0.717, 1.165) is 11.1 Å². The summed E-state index contributed by atoms with van der Waals surface area (Å²) in [6, 6.07) is 5.42. The normalized spacial score (nSPS) is 10.1. The number of anilines is 1. The molecular formula is C11H10ClN3O. The molecule has 0 radical (unpaired) electrons. The zero-order chi connectivity index (χ0) is 11.5. The Bertz CT molecular complexity index is 516. The third kappa shape index (κ3) is 1.92. The van der Waals surface area contributed by atoms with Gasteiger partial charge >= 0.3 is 0 Å². The molecule has 0 atom stereocenters. The monoisotopic (exact) mass is 235 g/mol. The second-order valence-corrected chi connectivity index (χ2v) is 3.58. The molecule has 0 unspecified atom stereocenters. The number of nitrogens with two attached hydrogens (primary N) is 1. The van der Waals surface area contributed by atoms with Crippen LogP contribution >= 0.6 is 11.6 Å². The topological polar surface area (TPSA) is 61.0 Å². The molecule has 0 bridgehead atoms. The molecule has 0 amide bonds. The third-order valence-electron chi connectivity index (χ3n) is 2.21. The lowest BCUT2D eigenvalue weighted by molar-refractivity contribution is 0.415. The van der Waals surface area contributed by atoms with Crippen LogP contribution in [-0.2, 0) is 0 Å². The Kier molecular flexibility index (Phi) is 2.92. The average molecular weight is 236 g/mol. The second kappa shape index (κ2) is 4.37. The van der Waals surface area contributed by atoms with Gasteiger partial charge in [-0.25, -0.2) is 9.97 Å². The van der Waals surface area contributed by atoms with Crippen molar-refractivity contribution in [1.29, 1.82) is 0 Å². The number of hydrogen-bond donors (Lipinski definition) is 1. The number of hydrogen-bond acceptors (Lipinski definition) is 4. The summed E-state index contributed by atoms with van der Waals surface area (Å²) in [4.78, 5) is 7.85. The summed E-state index contributed by atoms with van der Waals surface area (Å²) >= 11 is 6.03. The van der Waals surface area contributed by atoms with Crippen molar-refractivity contribution in [3.63, 3.8) is 0 Å². The summed E-state index contributed by atoms with van der Waals surface area (Å²) in [5.41, 5.74) is 7.37. The number of rotatable bonds is 2. The summed E-state index contributed by atoms with van der Waals surface area (Å²) in [5, 5.41) is 0.531. The fraction of sp³-hybridized carbons (Fsp3) is 0.0909. The van der Waals surface area contributed by atoms with Gasteiger partial charge in [-0.2, -0.15) is 0 Å². The van der Waals surface area contributed by atoms with Gasteiger partial charge in [0.25, 0.3) is 0 Å². The molecule has 2 aromatic rings. The zero-order valence-electron chi connectivity index (χ0n) is 8.64. The third-order valence-corrected chi connectivity index (χ3v) is 2.50. The van der Waals surface area contributed by atoms with Gasteiger partial charge in [0, 0.05) is 11.8 Å². The van der Waals surface area contributed by atoms with E-state index >= 15 is 0 Å². The van der Waals surface area contributed by atoms with Gasteiger partial charge in [-0.3, -0.25) is 0 Å². The standard InChI is InChI=1S/C11H10ClN3O/c1-16-10-3-2-7(4-9(10)12)8-5-14-6-15-11(8)13/h2-6H,1H3,(H2,13,14,15). The number of nitrogens with zero attached hydrogens (tertiary/aromatic N) is 2. The van der Waals surface area contributed by atoms with Gasteiger partial charge in [0.05, 0.1) is 12.1 Å². The maximum absolute atomic E-state index is 6.03. The molecule has 1 aromatic carbocycles. The number of methoxy groups -OCH3 is 1. The molecule has 2 rings (SSSR count). The highest BCUT2D eigenvalue weighted by Crippen LogP contribution is 2.31. The molecule has 0 aliphatic carbocycles. The second-order valence-electron chi connectivity index (χ2n) is 3.17. The Hall–Kier alpha value is -1.81. The molecule has 2 N–H and O–H groups in total. The number of nitrogen functional groups attached to an aromatic ring is 1. The first kappa shape index (κ1) is 10.7. The number of aromatic nitrogens is 2. The molecule has 16 heavy (non-hydrogen) atoms. The molecule has 1 heterocycles. The predicted molar refractivity (Wildman–Crippen MR) is 63.4 cm³/mol. The van der Waals surface area contributed by atoms with Crippen molar-refractivity contribution < 1.29 is 4.74 Å². The molecule has 0 saturated carbocycles. The van der Waals surface area contributed by atoms with Crippen molar-refractivity contribution in [2.24, 2.45) is 0 Å². The lowest BCUT2D eigenvalue weighted by atomic mass is 10.1. The van der Waals surface area contributed by atoms with E-state index in [4.69, 9.17) is 22.1 Å². The zero-order valence-corrected chi connectivity index (χ0v) is 9.40. The molecule has 0 aliphatic heterocycles. The van der Waals surface area contributed by atoms with E-state index in [1.165, 1.54) is 6.33 Å². The summed E-state index contributed by atoms with van der Waals surface area (Å²) < 4.78 is 5.07. The highest BCUT2D eigenvalue weighted by atomic mass is 35.5. The number of ether oxygens (including phenoxy) is 1. The van der Waals surface area contributed by atoms with Crippen LogP contribution in [0.25, 0.3) is 11.1 Å². The van der Waals surface area contributed by atoms with Crippen LogP contribution in [0.4, 0.5) is 5.82 Å². The fourth-order valence-electron chi connectivity index (χ4n) is 1.40. The average Bonchev–Trinajstić information content (AvgIpc) is 2.29. The highest BCUT2D eigenvalue weighted by molar-refractivity contribution is 6.32. The van der Waals surface area contributed by atoms with Crippen LogP contribution in [0.2, 0.25) is 5.02 Å². The Morgan fingerprint density at radius 2 is 2.19 bits per heavy atom. The van der Waals surface area contributed by atoms with Crippen molar-refractivity contribution in [3.8, 4) is 16.9 Å². The van der Waals surface area contributed by atoms with E-state index in [-0.39, 0.29) is 0 Å². The minimum atomic E-state index is 0.427. The molecular weight excluding hydrogens is 226 g/mol. The van der Waals surface area contributed by atoms with Crippen LogP contribution in [0, 0.1) is 0 Å². The first-order chi connectivity index (χ1) is 7.72. The van der Waals surface area contributed by atoms with E-state index in [0.29, 0.717) is 16.6 Å². The van der Waals surface area contributed by atoms with Crippen molar-refractivity contribution >= 4 is 17.4 Å². The van der Waals surface area contributed by atoms with E-state index in [1.807, 2.05) is 6.07 Å². The maximum Gasteiger partial charge on any atom is 0.137 e. The van der Waals surface area contributed by atoms with E-state index in [1.54, 1.807) is 25.4 Å². The minimum absolute atomic E-state index is 0.427. The molecule has 0 fully saturated rings. The van der Waals surface area contributed by atoms with Crippen LogP contribution in [0.1, 0.15) is 0 Å². The van der Waals surface area contributed by atoms with Gasteiger partial charge in [0.15, 0.2) is 0 Å². The molecule has 82 valence electrons. The molecule has 5 heteroatoms. The van der Waals surface area contributed by atoms with Crippen molar-refractivity contribution in [2.75, 3.05) is 12.8 Å². The van der Waals surface area contributed by atoms with Crippen LogP contribution < -0.4 is 10.5 Å². The first-order valence-electron chi connectivity index (χ1n) is 4.61. The maximum atomic E-state index is 6.03. The largest absolute Gasteiger partial charge is 0.495 e. The molecule has 4 nitrogen and oxygen atoms in total. The Balaban J connectivity index is 2.50. The lowest BCUT2D eigenvalue weighted by Gasteiger charge is -2.07. The number of benzene rings is 1. The van der Waals surface area contributed by atoms with Crippen LogP contribution in [-0.4, -0.2) is 17.1 Å². The van der Waals surface area contributed by atoms with Gasteiger partial charge in [-0.15, -0.1) is 0 Å². The molecule has 1 aromatic heterocycles. The Morgan fingerprint density at radius 3 is 2.81 bits per heavy atom.